The van der Waals surface area contributed by atoms with Gasteiger partial charge in [0.05, 0.1) is 15.9 Å². The summed E-state index contributed by atoms with van der Waals surface area (Å²) in [6.45, 7) is 8.16. The molecule has 0 spiro atoms. The molecule has 1 unspecified atom stereocenters. The molecule has 0 radical (unpaired) electrons. The summed E-state index contributed by atoms with van der Waals surface area (Å²) >= 11 is 0. The van der Waals surface area contributed by atoms with Crippen molar-refractivity contribution in [1.29, 1.82) is 0 Å². The van der Waals surface area contributed by atoms with E-state index in [1.54, 1.807) is 6.07 Å². The minimum Gasteiger partial charge on any atom is -0.306 e. The zero-order valence-corrected chi connectivity index (χ0v) is 13.8. The van der Waals surface area contributed by atoms with Gasteiger partial charge in [0, 0.05) is 12.6 Å². The summed E-state index contributed by atoms with van der Waals surface area (Å²) < 4.78 is 27.3. The molecular formula is C14H22N4O3S. The van der Waals surface area contributed by atoms with E-state index in [1.807, 2.05) is 20.8 Å². The molecule has 8 heteroatoms. The smallest absolute Gasteiger partial charge is 0.306 e. The maximum Gasteiger partial charge on any atom is 0.323 e. The molecule has 7 nitrogen and oxygen atoms in total. The van der Waals surface area contributed by atoms with Crippen LogP contribution < -0.4 is 10.4 Å². The first-order valence-corrected chi connectivity index (χ1v) is 8.81. The molecule has 0 aliphatic carbocycles. The lowest BCUT2D eigenvalue weighted by Crippen LogP contribution is -2.41. The summed E-state index contributed by atoms with van der Waals surface area (Å²) in [4.78, 5) is 18.7. The highest BCUT2D eigenvalue weighted by atomic mass is 32.2. The summed E-state index contributed by atoms with van der Waals surface area (Å²) in [7, 11) is -3.60. The van der Waals surface area contributed by atoms with E-state index in [-0.39, 0.29) is 16.6 Å². The Balaban J connectivity index is 2.16. The molecular weight excluding hydrogens is 304 g/mol. The van der Waals surface area contributed by atoms with Crippen molar-refractivity contribution in [3.05, 3.63) is 28.7 Å². The second-order valence-corrected chi connectivity index (χ2v) is 6.98. The van der Waals surface area contributed by atoms with Gasteiger partial charge in [0.15, 0.2) is 0 Å². The van der Waals surface area contributed by atoms with Gasteiger partial charge in [-0.25, -0.2) is 17.9 Å². The van der Waals surface area contributed by atoms with Gasteiger partial charge in [0.25, 0.3) is 0 Å². The number of hydrogen-bond acceptors (Lipinski definition) is 4. The normalized spacial score (nSPS) is 13.8. The van der Waals surface area contributed by atoms with Crippen molar-refractivity contribution < 1.29 is 8.42 Å². The molecule has 3 N–H and O–H groups in total. The highest BCUT2D eigenvalue weighted by Crippen LogP contribution is 2.15. The zero-order valence-electron chi connectivity index (χ0n) is 13.0. The number of likely N-dealkylation sites (N-methyl/N-ethyl adjacent to an activating group) is 1. The molecule has 0 aliphatic rings. The Bertz CT molecular complexity index is 790. The van der Waals surface area contributed by atoms with Crippen molar-refractivity contribution in [3.8, 4) is 0 Å². The van der Waals surface area contributed by atoms with Crippen LogP contribution in [-0.2, 0) is 10.0 Å². The number of nitrogens with zero attached hydrogens (tertiary/aromatic N) is 1. The third-order valence-corrected chi connectivity index (χ3v) is 5.22. The molecule has 1 heterocycles. The lowest BCUT2D eigenvalue weighted by Gasteiger charge is -2.26. The number of rotatable bonds is 7. The van der Waals surface area contributed by atoms with Crippen LogP contribution in [0.3, 0.4) is 0 Å². The maximum atomic E-state index is 12.4. The van der Waals surface area contributed by atoms with Crippen molar-refractivity contribution in [2.45, 2.75) is 31.7 Å². The lowest BCUT2D eigenvalue weighted by molar-refractivity contribution is 0.232. The molecule has 122 valence electrons. The van der Waals surface area contributed by atoms with Crippen molar-refractivity contribution in [2.24, 2.45) is 0 Å². The summed E-state index contributed by atoms with van der Waals surface area (Å²) in [6.07, 6.45) is 0. The van der Waals surface area contributed by atoms with Crippen LogP contribution in [-0.4, -0.2) is 49.0 Å². The summed E-state index contributed by atoms with van der Waals surface area (Å²) in [5.41, 5.74) is 0.706. The highest BCUT2D eigenvalue weighted by Gasteiger charge is 2.18. The Hall–Kier alpha value is -1.64. The van der Waals surface area contributed by atoms with E-state index < -0.39 is 10.0 Å². The van der Waals surface area contributed by atoms with Crippen molar-refractivity contribution in [3.63, 3.8) is 0 Å². The summed E-state index contributed by atoms with van der Waals surface area (Å²) in [6, 6.07) is 4.63. The predicted molar refractivity (Wildman–Crippen MR) is 86.5 cm³/mol. The Labute approximate surface area is 129 Å². The predicted octanol–water partition coefficient (Wildman–Crippen LogP) is 0.865. The Morgan fingerprint density at radius 2 is 1.82 bits per heavy atom. The average molecular weight is 326 g/mol. The van der Waals surface area contributed by atoms with Gasteiger partial charge in [0.2, 0.25) is 10.0 Å². The molecule has 0 saturated heterocycles. The van der Waals surface area contributed by atoms with E-state index in [0.29, 0.717) is 17.6 Å². The van der Waals surface area contributed by atoms with Crippen molar-refractivity contribution in [1.82, 2.24) is 19.6 Å². The number of sulfonamides is 1. The fourth-order valence-electron chi connectivity index (χ4n) is 2.47. The van der Waals surface area contributed by atoms with Crippen LogP contribution in [0.25, 0.3) is 11.0 Å². The second kappa shape index (κ2) is 6.64. The lowest BCUT2D eigenvalue weighted by atomic mass is 10.3. The van der Waals surface area contributed by atoms with Crippen LogP contribution >= 0.6 is 0 Å². The summed E-state index contributed by atoms with van der Waals surface area (Å²) in [5.74, 6) is 0. The van der Waals surface area contributed by atoms with Gasteiger partial charge in [0.1, 0.15) is 0 Å². The van der Waals surface area contributed by atoms with E-state index in [9.17, 15) is 13.2 Å². The highest BCUT2D eigenvalue weighted by molar-refractivity contribution is 7.89. The largest absolute Gasteiger partial charge is 0.323 e. The van der Waals surface area contributed by atoms with E-state index in [4.69, 9.17) is 0 Å². The Kier molecular flexibility index (Phi) is 5.05. The van der Waals surface area contributed by atoms with Gasteiger partial charge in [-0.3, -0.25) is 4.90 Å². The van der Waals surface area contributed by atoms with E-state index in [1.165, 1.54) is 12.1 Å². The van der Waals surface area contributed by atoms with Crippen LogP contribution in [0.2, 0.25) is 0 Å². The van der Waals surface area contributed by atoms with Crippen molar-refractivity contribution in [2.75, 3.05) is 19.6 Å². The van der Waals surface area contributed by atoms with Crippen LogP contribution in [0.5, 0.6) is 0 Å². The first-order valence-electron chi connectivity index (χ1n) is 7.33. The fraction of sp³-hybridized carbons (Fsp3) is 0.500. The fourth-order valence-corrected chi connectivity index (χ4v) is 3.62. The molecule has 2 aromatic rings. The van der Waals surface area contributed by atoms with E-state index in [2.05, 4.69) is 19.6 Å². The van der Waals surface area contributed by atoms with Gasteiger partial charge in [-0.05, 0) is 38.2 Å². The summed E-state index contributed by atoms with van der Waals surface area (Å²) in [5, 5.41) is 0. The molecule has 1 aromatic carbocycles. The van der Waals surface area contributed by atoms with Crippen LogP contribution in [0, 0.1) is 0 Å². The third kappa shape index (κ3) is 3.57. The zero-order chi connectivity index (χ0) is 16.3. The number of hydrogen-bond donors (Lipinski definition) is 3. The monoisotopic (exact) mass is 326 g/mol. The van der Waals surface area contributed by atoms with Gasteiger partial charge < -0.3 is 9.97 Å². The number of aromatic nitrogens is 2. The Morgan fingerprint density at radius 3 is 2.45 bits per heavy atom. The molecule has 0 saturated carbocycles. The number of H-pyrrole nitrogens is 2. The molecule has 0 aliphatic heterocycles. The van der Waals surface area contributed by atoms with Gasteiger partial charge in [-0.1, -0.05) is 13.8 Å². The van der Waals surface area contributed by atoms with E-state index >= 15 is 0 Å². The SMILES string of the molecule is CCN(CC)C(C)CNS(=O)(=O)c1ccc2[nH]c(=O)[nH]c2c1. The minimum atomic E-state index is -3.60. The third-order valence-electron chi connectivity index (χ3n) is 3.80. The molecule has 1 aromatic heterocycles. The molecule has 0 bridgehead atoms. The van der Waals surface area contributed by atoms with Gasteiger partial charge in [-0.2, -0.15) is 0 Å². The second-order valence-electron chi connectivity index (χ2n) is 5.21. The topological polar surface area (TPSA) is 98.1 Å². The number of nitrogens with one attached hydrogen (secondary N) is 3. The molecule has 22 heavy (non-hydrogen) atoms. The molecule has 2 rings (SSSR count). The van der Waals surface area contributed by atoms with Crippen LogP contribution in [0.4, 0.5) is 0 Å². The van der Waals surface area contributed by atoms with Gasteiger partial charge >= 0.3 is 5.69 Å². The standard InChI is InChI=1S/C14H22N4O3S/c1-4-18(5-2)10(3)9-15-22(20,21)11-6-7-12-13(8-11)17-14(19)16-12/h6-8,10,15H,4-5,9H2,1-3H3,(H2,16,17,19). The van der Waals surface area contributed by atoms with Crippen molar-refractivity contribution >= 4 is 21.1 Å². The number of benzene rings is 1. The minimum absolute atomic E-state index is 0.112. The number of imidazole rings is 1. The average Bonchev–Trinajstić information content (AvgIpc) is 2.85. The first kappa shape index (κ1) is 16.7. The molecule has 1 atom stereocenters. The molecule has 0 fully saturated rings. The van der Waals surface area contributed by atoms with Crippen LogP contribution in [0.1, 0.15) is 20.8 Å². The Morgan fingerprint density at radius 1 is 1.18 bits per heavy atom. The quantitative estimate of drug-likeness (QED) is 0.703. The molecule has 0 amide bonds. The van der Waals surface area contributed by atoms with Gasteiger partial charge in [-0.15, -0.1) is 0 Å². The number of aromatic amines is 2. The number of fused-ring (bicyclic) bond motifs is 1. The van der Waals surface area contributed by atoms with Crippen LogP contribution in [0.15, 0.2) is 27.9 Å². The van der Waals surface area contributed by atoms with E-state index in [0.717, 1.165) is 13.1 Å². The first-order chi connectivity index (χ1) is 10.4. The maximum absolute atomic E-state index is 12.4.